The number of aryl methyl sites for hydroxylation is 1. The SMILES string of the molecule is COc1cc(/C=c2/sc3n(c2=O)[C@H](c2ccc(Cl)cc2)C2=C(N=3)c3ccccc3CC2)ccc1OC(C)=O. The summed E-state index contributed by atoms with van der Waals surface area (Å²) >= 11 is 7.56. The average molecular weight is 543 g/mol. The van der Waals surface area contributed by atoms with Crippen molar-refractivity contribution in [1.82, 2.24) is 4.57 Å². The molecule has 1 aromatic heterocycles. The van der Waals surface area contributed by atoms with E-state index in [9.17, 15) is 9.59 Å². The van der Waals surface area contributed by atoms with Gasteiger partial charge in [-0.05, 0) is 65.4 Å². The monoisotopic (exact) mass is 542 g/mol. The van der Waals surface area contributed by atoms with Crippen molar-refractivity contribution < 1.29 is 14.3 Å². The number of carbonyl (C=O) groups excluding carboxylic acids is 1. The summed E-state index contributed by atoms with van der Waals surface area (Å²) in [7, 11) is 1.51. The van der Waals surface area contributed by atoms with E-state index in [1.807, 2.05) is 36.4 Å². The largest absolute Gasteiger partial charge is 0.493 e. The average Bonchev–Trinajstić information content (AvgIpc) is 3.22. The molecule has 8 heteroatoms. The predicted octanol–water partition coefficient (Wildman–Crippen LogP) is 4.91. The summed E-state index contributed by atoms with van der Waals surface area (Å²) in [5.74, 6) is 0.303. The number of hydrogen-bond donors (Lipinski definition) is 0. The number of ether oxygens (including phenoxy) is 2. The van der Waals surface area contributed by atoms with E-state index < -0.39 is 5.97 Å². The number of carbonyl (C=O) groups is 1. The number of methoxy groups -OCH3 is 1. The van der Waals surface area contributed by atoms with Crippen molar-refractivity contribution in [2.45, 2.75) is 25.8 Å². The number of nitrogens with zero attached hydrogens (tertiary/aromatic N) is 2. The molecule has 0 N–H and O–H groups in total. The molecule has 2 aliphatic rings. The molecule has 6 rings (SSSR count). The van der Waals surface area contributed by atoms with E-state index in [2.05, 4.69) is 18.2 Å². The first-order valence-electron chi connectivity index (χ1n) is 12.2. The van der Waals surface area contributed by atoms with Crippen LogP contribution in [0.3, 0.4) is 0 Å². The normalized spacial score (nSPS) is 16.3. The number of fused-ring (bicyclic) bond motifs is 3. The topological polar surface area (TPSA) is 69.9 Å². The number of esters is 1. The van der Waals surface area contributed by atoms with Gasteiger partial charge in [0.05, 0.1) is 23.4 Å². The van der Waals surface area contributed by atoms with Crippen molar-refractivity contribution in [1.29, 1.82) is 0 Å². The van der Waals surface area contributed by atoms with Crippen molar-refractivity contribution in [3.05, 3.63) is 119 Å². The zero-order chi connectivity index (χ0) is 26.4. The zero-order valence-electron chi connectivity index (χ0n) is 20.7. The molecule has 0 spiro atoms. The van der Waals surface area contributed by atoms with Gasteiger partial charge in [0.1, 0.15) is 0 Å². The lowest BCUT2D eigenvalue weighted by molar-refractivity contribution is -0.132. The molecule has 0 unspecified atom stereocenters. The molecule has 2 heterocycles. The molecule has 4 aromatic rings. The Kier molecular flexibility index (Phi) is 6.26. The maximum Gasteiger partial charge on any atom is 0.308 e. The Bertz CT molecular complexity index is 1800. The van der Waals surface area contributed by atoms with E-state index >= 15 is 0 Å². The minimum Gasteiger partial charge on any atom is -0.493 e. The van der Waals surface area contributed by atoms with Crippen molar-refractivity contribution in [2.24, 2.45) is 4.99 Å². The number of hydrogen-bond acceptors (Lipinski definition) is 6. The molecule has 1 aliphatic heterocycles. The summed E-state index contributed by atoms with van der Waals surface area (Å²) in [5.41, 5.74) is 6.11. The third-order valence-electron chi connectivity index (χ3n) is 6.80. The Morgan fingerprint density at radius 1 is 1.08 bits per heavy atom. The molecule has 1 atom stereocenters. The van der Waals surface area contributed by atoms with E-state index in [0.717, 1.165) is 40.8 Å². The zero-order valence-corrected chi connectivity index (χ0v) is 22.3. The quantitative estimate of drug-likeness (QED) is 0.271. The molecule has 3 aromatic carbocycles. The Balaban J connectivity index is 1.54. The van der Waals surface area contributed by atoms with Crippen LogP contribution in [0.2, 0.25) is 5.02 Å². The minimum atomic E-state index is -0.433. The Labute approximate surface area is 227 Å². The van der Waals surface area contributed by atoms with E-state index in [1.54, 1.807) is 22.8 Å². The molecule has 0 radical (unpaired) electrons. The Morgan fingerprint density at radius 3 is 2.63 bits per heavy atom. The summed E-state index contributed by atoms with van der Waals surface area (Å²) in [6.45, 7) is 1.34. The number of benzene rings is 3. The van der Waals surface area contributed by atoms with Crippen molar-refractivity contribution in [2.75, 3.05) is 7.11 Å². The van der Waals surface area contributed by atoms with Gasteiger partial charge >= 0.3 is 5.97 Å². The number of thiazole rings is 1. The molecule has 0 saturated heterocycles. The van der Waals surface area contributed by atoms with E-state index in [1.165, 1.54) is 30.9 Å². The second kappa shape index (κ2) is 9.74. The van der Waals surface area contributed by atoms with E-state index in [0.29, 0.717) is 25.9 Å². The van der Waals surface area contributed by atoms with Crippen LogP contribution in [-0.4, -0.2) is 17.6 Å². The Hall–Kier alpha value is -3.94. The molecule has 0 bridgehead atoms. The summed E-state index contributed by atoms with van der Waals surface area (Å²) in [5, 5.41) is 0.649. The van der Waals surface area contributed by atoms with Gasteiger partial charge in [0.15, 0.2) is 16.3 Å². The Morgan fingerprint density at radius 2 is 1.87 bits per heavy atom. The van der Waals surface area contributed by atoms with Crippen LogP contribution in [0.1, 0.15) is 41.6 Å². The molecule has 6 nitrogen and oxygen atoms in total. The lowest BCUT2D eigenvalue weighted by Gasteiger charge is -2.30. The van der Waals surface area contributed by atoms with Crippen LogP contribution in [0.5, 0.6) is 11.5 Å². The summed E-state index contributed by atoms with van der Waals surface area (Å²) in [6, 6.07) is 21.0. The number of aromatic nitrogens is 1. The maximum absolute atomic E-state index is 13.9. The van der Waals surface area contributed by atoms with Crippen LogP contribution >= 0.6 is 22.9 Å². The van der Waals surface area contributed by atoms with Gasteiger partial charge in [0.25, 0.3) is 5.56 Å². The number of halogens is 1. The van der Waals surface area contributed by atoms with Crippen LogP contribution in [0.4, 0.5) is 0 Å². The standard InChI is InChI=1S/C30H23ClN2O4S/c1-17(34)37-24-14-7-18(15-25(24)36-2)16-26-29(35)33-28(20-8-11-21(31)12-9-20)23-13-10-19-5-3-4-6-22(19)27(23)32-30(33)38-26/h3-9,11-12,14-16,28H,10,13H2,1-2H3/b26-16+/t28-/m1/s1. The first-order valence-corrected chi connectivity index (χ1v) is 13.4. The second-order valence-corrected chi connectivity index (χ2v) is 10.6. The van der Waals surface area contributed by atoms with E-state index in [4.69, 9.17) is 26.1 Å². The van der Waals surface area contributed by atoms with Gasteiger partial charge in [-0.3, -0.25) is 14.2 Å². The first kappa shape index (κ1) is 24.4. The van der Waals surface area contributed by atoms with Crippen LogP contribution in [0.25, 0.3) is 11.8 Å². The summed E-state index contributed by atoms with van der Waals surface area (Å²) in [6.07, 6.45) is 3.54. The van der Waals surface area contributed by atoms with Crippen molar-refractivity contribution in [3.8, 4) is 11.5 Å². The molecule has 0 fully saturated rings. The third kappa shape index (κ3) is 4.27. The van der Waals surface area contributed by atoms with Gasteiger partial charge in [-0.2, -0.15) is 0 Å². The molecule has 0 saturated carbocycles. The van der Waals surface area contributed by atoms with Gasteiger partial charge in [-0.25, -0.2) is 4.99 Å². The van der Waals surface area contributed by atoms with Crippen molar-refractivity contribution in [3.63, 3.8) is 0 Å². The fourth-order valence-electron chi connectivity index (χ4n) is 5.13. The highest BCUT2D eigenvalue weighted by atomic mass is 35.5. The van der Waals surface area contributed by atoms with E-state index in [-0.39, 0.29) is 11.6 Å². The first-order chi connectivity index (χ1) is 18.4. The van der Waals surface area contributed by atoms with Gasteiger partial charge in [-0.15, -0.1) is 0 Å². The lowest BCUT2D eigenvalue weighted by Crippen LogP contribution is -2.38. The highest BCUT2D eigenvalue weighted by Crippen LogP contribution is 2.41. The molecular formula is C30H23ClN2O4S. The smallest absolute Gasteiger partial charge is 0.308 e. The maximum atomic E-state index is 13.9. The summed E-state index contributed by atoms with van der Waals surface area (Å²) < 4.78 is 13.0. The number of allylic oxidation sites excluding steroid dienone is 1. The predicted molar refractivity (Wildman–Crippen MR) is 149 cm³/mol. The van der Waals surface area contributed by atoms with Gasteiger partial charge in [-0.1, -0.05) is 65.4 Å². The van der Waals surface area contributed by atoms with Crippen LogP contribution in [0, 0.1) is 0 Å². The van der Waals surface area contributed by atoms with Gasteiger partial charge in [0, 0.05) is 17.5 Å². The van der Waals surface area contributed by atoms with Crippen LogP contribution < -0.4 is 24.4 Å². The molecule has 190 valence electrons. The van der Waals surface area contributed by atoms with Crippen LogP contribution in [0.15, 0.2) is 82.1 Å². The third-order valence-corrected chi connectivity index (χ3v) is 8.03. The number of rotatable bonds is 4. The molecule has 38 heavy (non-hydrogen) atoms. The van der Waals surface area contributed by atoms with Crippen molar-refractivity contribution >= 4 is 40.7 Å². The van der Waals surface area contributed by atoms with Crippen LogP contribution in [-0.2, 0) is 11.2 Å². The highest BCUT2D eigenvalue weighted by Gasteiger charge is 2.32. The second-order valence-electron chi connectivity index (χ2n) is 9.17. The van der Waals surface area contributed by atoms with Gasteiger partial charge in [0.2, 0.25) is 0 Å². The molecular weight excluding hydrogens is 520 g/mol. The summed E-state index contributed by atoms with van der Waals surface area (Å²) in [4.78, 5) is 31.0. The lowest BCUT2D eigenvalue weighted by atomic mass is 9.83. The molecule has 0 amide bonds. The minimum absolute atomic E-state index is 0.109. The highest BCUT2D eigenvalue weighted by molar-refractivity contribution is 7.07. The van der Waals surface area contributed by atoms with Gasteiger partial charge < -0.3 is 9.47 Å². The molecule has 1 aliphatic carbocycles. The fourth-order valence-corrected chi connectivity index (χ4v) is 6.26. The fraction of sp³-hybridized carbons (Fsp3) is 0.167.